The first-order chi connectivity index (χ1) is 16.2. The van der Waals surface area contributed by atoms with Gasteiger partial charge in [-0.25, -0.2) is 4.98 Å². The van der Waals surface area contributed by atoms with Gasteiger partial charge >= 0.3 is 12.1 Å². The van der Waals surface area contributed by atoms with Crippen molar-refractivity contribution in [2.45, 2.75) is 50.0 Å². The Morgan fingerprint density at radius 2 is 1.76 bits per heavy atom. The lowest BCUT2D eigenvalue weighted by atomic mass is 9.98. The normalized spacial score (nSPS) is 14.6. The number of hydrogen-bond donors (Lipinski definition) is 3. The molecular formula is C24H29F3N4O3. The average Bonchev–Trinajstić information content (AvgIpc) is 3.26. The molecule has 1 amide bonds. The number of aliphatic hydroxyl groups excluding tert-OH is 1. The van der Waals surface area contributed by atoms with Crippen LogP contribution in [0, 0.1) is 0 Å². The zero-order valence-electron chi connectivity index (χ0n) is 18.6. The van der Waals surface area contributed by atoms with Crippen molar-refractivity contribution in [2.75, 3.05) is 13.1 Å². The predicted octanol–water partition coefficient (Wildman–Crippen LogP) is 3.32. The first kappa shape index (κ1) is 25.7. The molecule has 0 aliphatic rings. The Kier molecular flexibility index (Phi) is 8.65. The van der Waals surface area contributed by atoms with E-state index in [4.69, 9.17) is 15.9 Å². The molecule has 2 aromatic carbocycles. The molecular weight excluding hydrogens is 449 g/mol. The lowest BCUT2D eigenvalue weighted by molar-refractivity contribution is -0.191. The number of halogens is 3. The number of hydrogen-bond acceptors (Lipinski definition) is 6. The summed E-state index contributed by atoms with van der Waals surface area (Å²) in [5, 5.41) is 11.2. The van der Waals surface area contributed by atoms with Gasteiger partial charge in [0.15, 0.2) is 11.7 Å². The molecule has 0 bridgehead atoms. The third-order valence-electron chi connectivity index (χ3n) is 5.61. The van der Waals surface area contributed by atoms with Crippen molar-refractivity contribution in [1.29, 1.82) is 0 Å². The third-order valence-corrected chi connectivity index (χ3v) is 5.61. The van der Waals surface area contributed by atoms with Crippen LogP contribution in [0.5, 0.6) is 0 Å². The van der Waals surface area contributed by atoms with Crippen molar-refractivity contribution in [3.63, 3.8) is 0 Å². The molecule has 0 radical (unpaired) electrons. The number of aromatic nitrogens is 1. The molecule has 5 N–H and O–H groups in total. The van der Waals surface area contributed by atoms with Crippen molar-refractivity contribution in [3.8, 4) is 0 Å². The SMILES string of the molecule is NCCC[C@@H](N)CN(C(=O)C(F)(F)F)[C@H](CCc1ccccc1)C(O)c1nc2ccccc2o1. The van der Waals surface area contributed by atoms with Crippen molar-refractivity contribution in [2.24, 2.45) is 11.5 Å². The van der Waals surface area contributed by atoms with Crippen LogP contribution < -0.4 is 11.5 Å². The topological polar surface area (TPSA) is 119 Å². The smallest absolute Gasteiger partial charge is 0.438 e. The van der Waals surface area contributed by atoms with Gasteiger partial charge in [-0.15, -0.1) is 0 Å². The molecule has 7 nitrogen and oxygen atoms in total. The van der Waals surface area contributed by atoms with Gasteiger partial charge in [0.25, 0.3) is 0 Å². The lowest BCUT2D eigenvalue weighted by Crippen LogP contribution is -2.53. The lowest BCUT2D eigenvalue weighted by Gasteiger charge is -2.36. The molecule has 10 heteroatoms. The molecule has 0 aliphatic carbocycles. The molecule has 3 aromatic rings. The zero-order valence-corrected chi connectivity index (χ0v) is 18.6. The van der Waals surface area contributed by atoms with Crippen LogP contribution in [0.1, 0.15) is 36.8 Å². The van der Waals surface area contributed by atoms with E-state index < -0.39 is 36.8 Å². The fourth-order valence-corrected chi connectivity index (χ4v) is 3.88. The number of nitrogens with zero attached hydrogens (tertiary/aromatic N) is 2. The van der Waals surface area contributed by atoms with Crippen molar-refractivity contribution in [3.05, 3.63) is 66.1 Å². The van der Waals surface area contributed by atoms with E-state index in [0.717, 1.165) is 5.56 Å². The van der Waals surface area contributed by atoms with Gasteiger partial charge in [0.05, 0.1) is 6.04 Å². The summed E-state index contributed by atoms with van der Waals surface area (Å²) in [6.07, 6.45) is -5.54. The predicted molar refractivity (Wildman–Crippen MR) is 122 cm³/mol. The van der Waals surface area contributed by atoms with Gasteiger partial charge in [0.2, 0.25) is 5.89 Å². The maximum atomic E-state index is 13.6. The molecule has 0 aliphatic heterocycles. The summed E-state index contributed by atoms with van der Waals surface area (Å²) in [7, 11) is 0. The number of aryl methyl sites for hydroxylation is 1. The third kappa shape index (κ3) is 6.55. The van der Waals surface area contributed by atoms with Gasteiger partial charge in [-0.2, -0.15) is 13.2 Å². The van der Waals surface area contributed by atoms with E-state index in [2.05, 4.69) is 4.98 Å². The van der Waals surface area contributed by atoms with E-state index in [0.29, 0.717) is 41.8 Å². The van der Waals surface area contributed by atoms with Crippen LogP contribution in [0.2, 0.25) is 0 Å². The Morgan fingerprint density at radius 1 is 1.09 bits per heavy atom. The van der Waals surface area contributed by atoms with Crippen LogP contribution >= 0.6 is 0 Å². The highest BCUT2D eigenvalue weighted by molar-refractivity contribution is 5.82. The summed E-state index contributed by atoms with van der Waals surface area (Å²) in [5.74, 6) is -2.22. The fraction of sp³-hybridized carbons (Fsp3) is 0.417. The van der Waals surface area contributed by atoms with Crippen molar-refractivity contribution in [1.82, 2.24) is 9.88 Å². The molecule has 3 rings (SSSR count). The van der Waals surface area contributed by atoms with Crippen LogP contribution in [0.3, 0.4) is 0 Å². The van der Waals surface area contributed by atoms with Gasteiger partial charge < -0.3 is 25.9 Å². The highest BCUT2D eigenvalue weighted by Crippen LogP contribution is 2.30. The molecule has 34 heavy (non-hydrogen) atoms. The summed E-state index contributed by atoms with van der Waals surface area (Å²) in [6.45, 7) is -0.0705. The number of alkyl halides is 3. The second-order valence-corrected chi connectivity index (χ2v) is 8.20. The number of amides is 1. The van der Waals surface area contributed by atoms with E-state index in [1.165, 1.54) is 0 Å². The molecule has 0 fully saturated rings. The maximum Gasteiger partial charge on any atom is 0.471 e. The Bertz CT molecular complexity index is 1030. The van der Waals surface area contributed by atoms with Gasteiger partial charge in [0.1, 0.15) is 5.52 Å². The van der Waals surface area contributed by atoms with Crippen molar-refractivity contribution < 1.29 is 27.5 Å². The number of carbonyl (C=O) groups excluding carboxylic acids is 1. The highest BCUT2D eigenvalue weighted by atomic mass is 19.4. The maximum absolute atomic E-state index is 13.6. The van der Waals surface area contributed by atoms with E-state index in [9.17, 15) is 23.1 Å². The van der Waals surface area contributed by atoms with Crippen LogP contribution in [0.15, 0.2) is 59.0 Å². The molecule has 0 saturated heterocycles. The Balaban J connectivity index is 1.96. The molecule has 0 saturated carbocycles. The summed E-state index contributed by atoms with van der Waals surface area (Å²) in [6, 6.07) is 13.8. The monoisotopic (exact) mass is 478 g/mol. The molecule has 1 heterocycles. The standard InChI is InChI=1S/C24H29F3N4O3/c25-24(26,27)23(33)31(15-17(29)9-6-14-28)19(13-12-16-7-2-1-3-8-16)21(32)22-30-18-10-4-5-11-20(18)34-22/h1-5,7-8,10-11,17,19,21,32H,6,9,12-15,28-29H2/t17-,19-,21?/m1/s1. The number of oxazole rings is 1. The zero-order chi connectivity index (χ0) is 24.7. The van der Waals surface area contributed by atoms with Crippen LogP contribution in [0.4, 0.5) is 13.2 Å². The van der Waals surface area contributed by atoms with Crippen molar-refractivity contribution >= 4 is 17.0 Å². The van der Waals surface area contributed by atoms with Crippen LogP contribution in [0.25, 0.3) is 11.1 Å². The van der Waals surface area contributed by atoms with Gasteiger partial charge in [-0.3, -0.25) is 4.79 Å². The Morgan fingerprint density at radius 3 is 2.41 bits per heavy atom. The summed E-state index contributed by atoms with van der Waals surface area (Å²) < 4.78 is 46.4. The minimum absolute atomic E-state index is 0.0370. The molecule has 3 atom stereocenters. The summed E-state index contributed by atoms with van der Waals surface area (Å²) in [5.41, 5.74) is 13.2. The molecule has 1 aromatic heterocycles. The Hall–Kier alpha value is -2.95. The molecule has 1 unspecified atom stereocenters. The Labute approximate surface area is 195 Å². The van der Waals surface area contributed by atoms with Gasteiger partial charge in [0, 0.05) is 12.6 Å². The minimum atomic E-state index is -5.14. The summed E-state index contributed by atoms with van der Waals surface area (Å²) in [4.78, 5) is 17.3. The number of carbonyl (C=O) groups is 1. The van der Waals surface area contributed by atoms with E-state index >= 15 is 0 Å². The number of fused-ring (bicyclic) bond motifs is 1. The molecule has 0 spiro atoms. The second kappa shape index (κ2) is 11.5. The quantitative estimate of drug-likeness (QED) is 0.389. The number of benzene rings is 2. The van der Waals surface area contributed by atoms with Crippen LogP contribution in [-0.4, -0.2) is 52.2 Å². The van der Waals surface area contributed by atoms with Gasteiger partial charge in [-0.05, 0) is 49.9 Å². The van der Waals surface area contributed by atoms with E-state index in [1.807, 2.05) is 30.3 Å². The van der Waals surface area contributed by atoms with E-state index in [1.54, 1.807) is 24.3 Å². The van der Waals surface area contributed by atoms with Crippen LogP contribution in [-0.2, 0) is 11.2 Å². The largest absolute Gasteiger partial charge is 0.471 e. The summed E-state index contributed by atoms with van der Waals surface area (Å²) >= 11 is 0. The number of rotatable bonds is 11. The first-order valence-corrected chi connectivity index (χ1v) is 11.1. The minimum Gasteiger partial charge on any atom is -0.438 e. The first-order valence-electron chi connectivity index (χ1n) is 11.1. The molecule has 184 valence electrons. The number of para-hydroxylation sites is 2. The average molecular weight is 479 g/mol. The van der Waals surface area contributed by atoms with Gasteiger partial charge in [-0.1, -0.05) is 42.5 Å². The second-order valence-electron chi connectivity index (χ2n) is 8.20. The number of aliphatic hydroxyl groups is 1. The highest BCUT2D eigenvalue weighted by Gasteiger charge is 2.47. The van der Waals surface area contributed by atoms with E-state index in [-0.39, 0.29) is 12.3 Å². The number of nitrogens with two attached hydrogens (primary N) is 2. The fourth-order valence-electron chi connectivity index (χ4n) is 3.88.